The molecule has 1 saturated carbocycles. The first kappa shape index (κ1) is 28.3. The van der Waals surface area contributed by atoms with Gasteiger partial charge in [-0.2, -0.15) is 0 Å². The molecule has 2 aromatic carbocycles. The van der Waals surface area contributed by atoms with Crippen molar-refractivity contribution in [2.45, 2.75) is 50.7 Å². The number of hydrogen-bond donors (Lipinski definition) is 1. The van der Waals surface area contributed by atoms with Crippen LogP contribution in [0.1, 0.15) is 69.7 Å². The molecule has 1 aliphatic heterocycles. The van der Waals surface area contributed by atoms with E-state index >= 15 is 0 Å². The van der Waals surface area contributed by atoms with E-state index in [-0.39, 0.29) is 47.2 Å². The summed E-state index contributed by atoms with van der Waals surface area (Å²) in [5.41, 5.74) is 1.33. The molecule has 3 aromatic rings. The molecule has 1 aliphatic carbocycles. The zero-order valence-electron chi connectivity index (χ0n) is 23.1. The minimum Gasteiger partial charge on any atom is -0.497 e. The molecule has 1 saturated heterocycles. The number of ketones is 1. The maximum absolute atomic E-state index is 13.1. The number of aromatic nitrogens is 1. The van der Waals surface area contributed by atoms with Gasteiger partial charge in [-0.3, -0.25) is 19.4 Å². The Morgan fingerprint density at radius 1 is 0.829 bits per heavy atom. The number of carbonyl (C=O) groups excluding carboxylic acids is 3. The third-order valence-corrected chi connectivity index (χ3v) is 7.90. The van der Waals surface area contributed by atoms with E-state index in [1.807, 2.05) is 0 Å². The molecular weight excluding hydrogens is 525 g/mol. The van der Waals surface area contributed by atoms with Gasteiger partial charge in [0.05, 0.1) is 18.8 Å². The lowest BCUT2D eigenvalue weighted by Gasteiger charge is -2.31. The van der Waals surface area contributed by atoms with Gasteiger partial charge in [0, 0.05) is 36.8 Å². The lowest BCUT2D eigenvalue weighted by molar-refractivity contribution is 0.0649. The minimum atomic E-state index is -0.297. The van der Waals surface area contributed by atoms with Crippen LogP contribution in [0.3, 0.4) is 0 Å². The molecule has 2 aliphatic rings. The summed E-state index contributed by atoms with van der Waals surface area (Å²) in [6, 6.07) is 16.3. The molecule has 1 N–H and O–H groups in total. The van der Waals surface area contributed by atoms with Crippen molar-refractivity contribution in [3.05, 3.63) is 89.5 Å². The first-order chi connectivity index (χ1) is 19.9. The van der Waals surface area contributed by atoms with E-state index in [0.717, 1.165) is 25.7 Å². The number of halogens is 1. The summed E-state index contributed by atoms with van der Waals surface area (Å²) >= 11 is 0. The zero-order chi connectivity index (χ0) is 28.8. The molecule has 8 nitrogen and oxygen atoms in total. The fourth-order valence-electron chi connectivity index (χ4n) is 5.46. The summed E-state index contributed by atoms with van der Waals surface area (Å²) in [6.45, 7) is 0.975. The van der Waals surface area contributed by atoms with Crippen LogP contribution in [-0.2, 0) is 0 Å². The molecule has 0 atom stereocenters. The molecule has 2 fully saturated rings. The predicted octanol–water partition coefficient (Wildman–Crippen LogP) is 5.08. The number of nitrogens with one attached hydrogen (secondary N) is 1. The molecule has 0 radical (unpaired) electrons. The first-order valence-electron chi connectivity index (χ1n) is 14.1. The van der Waals surface area contributed by atoms with Crippen LogP contribution in [-0.4, -0.2) is 59.8 Å². The maximum atomic E-state index is 13.1. The van der Waals surface area contributed by atoms with Crippen molar-refractivity contribution < 1.29 is 28.2 Å². The first-order valence-corrected chi connectivity index (χ1v) is 14.1. The van der Waals surface area contributed by atoms with Crippen molar-refractivity contribution in [2.75, 3.05) is 20.2 Å². The smallest absolute Gasteiger partial charge is 0.270 e. The van der Waals surface area contributed by atoms with Crippen LogP contribution in [0.15, 0.2) is 66.9 Å². The second kappa shape index (κ2) is 12.9. The summed E-state index contributed by atoms with van der Waals surface area (Å²) in [7, 11) is 1.59. The van der Waals surface area contributed by atoms with Crippen LogP contribution < -0.4 is 14.8 Å². The van der Waals surface area contributed by atoms with Gasteiger partial charge in [0.25, 0.3) is 11.8 Å². The quantitative estimate of drug-likeness (QED) is 0.387. The van der Waals surface area contributed by atoms with Gasteiger partial charge in [-0.05, 0) is 99.2 Å². The number of pyridine rings is 1. The molecule has 5 rings (SSSR count). The molecule has 1 aromatic heterocycles. The van der Waals surface area contributed by atoms with Gasteiger partial charge in [-0.1, -0.05) is 0 Å². The lowest BCUT2D eigenvalue weighted by Crippen LogP contribution is -2.40. The average molecular weight is 560 g/mol. The average Bonchev–Trinajstić information content (AvgIpc) is 3.02. The number of ether oxygens (including phenoxy) is 2. The van der Waals surface area contributed by atoms with Gasteiger partial charge in [0.1, 0.15) is 23.0 Å². The van der Waals surface area contributed by atoms with Crippen LogP contribution in [0.25, 0.3) is 0 Å². The van der Waals surface area contributed by atoms with Crippen LogP contribution in [0.4, 0.5) is 4.39 Å². The Kier molecular flexibility index (Phi) is 8.91. The molecule has 214 valence electrons. The second-order valence-corrected chi connectivity index (χ2v) is 10.6. The Morgan fingerprint density at radius 2 is 1.46 bits per heavy atom. The van der Waals surface area contributed by atoms with Crippen LogP contribution in [0.2, 0.25) is 0 Å². The van der Waals surface area contributed by atoms with Crippen LogP contribution in [0.5, 0.6) is 11.5 Å². The SMILES string of the molecule is COc1ccc(C(=O)C2CCN(C(=O)c3ccc(C(=O)NC4CCC(Oc5ccc(F)cc5)CC4)nc3)CC2)cc1. The summed E-state index contributed by atoms with van der Waals surface area (Å²) in [5.74, 6) is 0.588. The van der Waals surface area contributed by atoms with E-state index in [1.165, 1.54) is 18.3 Å². The number of hydrogen-bond acceptors (Lipinski definition) is 6. The van der Waals surface area contributed by atoms with Crippen LogP contribution >= 0.6 is 0 Å². The normalized spacial score (nSPS) is 19.3. The van der Waals surface area contributed by atoms with E-state index in [0.29, 0.717) is 48.6 Å². The van der Waals surface area contributed by atoms with Crippen molar-refractivity contribution >= 4 is 17.6 Å². The predicted molar refractivity (Wildman–Crippen MR) is 151 cm³/mol. The molecule has 0 spiro atoms. The van der Waals surface area contributed by atoms with Gasteiger partial charge < -0.3 is 19.7 Å². The van der Waals surface area contributed by atoms with Crippen molar-refractivity contribution in [1.29, 1.82) is 0 Å². The number of nitrogens with zero attached hydrogens (tertiary/aromatic N) is 2. The second-order valence-electron chi connectivity index (χ2n) is 10.6. The Hall–Kier alpha value is -4.27. The van der Waals surface area contributed by atoms with Crippen molar-refractivity contribution in [3.8, 4) is 11.5 Å². The number of carbonyl (C=O) groups is 3. The zero-order valence-corrected chi connectivity index (χ0v) is 23.1. The Bertz CT molecular complexity index is 1350. The Morgan fingerprint density at radius 3 is 2.07 bits per heavy atom. The van der Waals surface area contributed by atoms with Gasteiger partial charge >= 0.3 is 0 Å². The number of likely N-dealkylation sites (tertiary alicyclic amines) is 1. The number of amides is 2. The van der Waals surface area contributed by atoms with Crippen molar-refractivity contribution in [2.24, 2.45) is 5.92 Å². The van der Waals surface area contributed by atoms with Crippen LogP contribution in [0, 0.1) is 11.7 Å². The highest BCUT2D eigenvalue weighted by Gasteiger charge is 2.29. The molecule has 0 unspecified atom stereocenters. The topological polar surface area (TPSA) is 97.8 Å². The van der Waals surface area contributed by atoms with Gasteiger partial charge in [0.2, 0.25) is 0 Å². The number of methoxy groups -OCH3 is 1. The van der Waals surface area contributed by atoms with E-state index < -0.39 is 0 Å². The third kappa shape index (κ3) is 7.09. The van der Waals surface area contributed by atoms with E-state index in [9.17, 15) is 18.8 Å². The summed E-state index contributed by atoms with van der Waals surface area (Å²) < 4.78 is 24.2. The molecule has 41 heavy (non-hydrogen) atoms. The molecule has 2 amide bonds. The molecule has 9 heteroatoms. The lowest BCUT2D eigenvalue weighted by atomic mass is 9.88. The summed E-state index contributed by atoms with van der Waals surface area (Å²) in [6.07, 6.45) is 5.78. The summed E-state index contributed by atoms with van der Waals surface area (Å²) in [4.78, 5) is 44.7. The Balaban J connectivity index is 1.07. The van der Waals surface area contributed by atoms with Gasteiger partial charge in [-0.25, -0.2) is 4.39 Å². The fraction of sp³-hybridized carbons (Fsp3) is 0.375. The monoisotopic (exact) mass is 559 g/mol. The fourth-order valence-corrected chi connectivity index (χ4v) is 5.46. The minimum absolute atomic E-state index is 0.0144. The molecule has 2 heterocycles. The van der Waals surface area contributed by atoms with Crippen molar-refractivity contribution in [1.82, 2.24) is 15.2 Å². The van der Waals surface area contributed by atoms with Crippen molar-refractivity contribution in [3.63, 3.8) is 0 Å². The van der Waals surface area contributed by atoms with E-state index in [1.54, 1.807) is 60.5 Å². The summed E-state index contributed by atoms with van der Waals surface area (Å²) in [5, 5.41) is 3.03. The van der Waals surface area contributed by atoms with E-state index in [2.05, 4.69) is 10.3 Å². The highest BCUT2D eigenvalue weighted by Crippen LogP contribution is 2.26. The van der Waals surface area contributed by atoms with E-state index in [4.69, 9.17) is 9.47 Å². The number of Topliss-reactive ketones (excluding diaryl/α,β-unsaturated/α-hetero) is 1. The van der Waals surface area contributed by atoms with Gasteiger partial charge in [0.15, 0.2) is 5.78 Å². The number of benzene rings is 2. The standard InChI is InChI=1S/C32H34FN3O5/c1-40-26-9-2-21(3-10-26)30(37)22-16-18-36(19-17-22)32(39)23-4-15-29(34-20-23)31(38)35-25-7-13-28(14-8-25)41-27-11-5-24(33)6-12-27/h2-6,9-12,15,20,22,25,28H,7-8,13-14,16-19H2,1H3,(H,35,38). The number of rotatable bonds is 8. The van der Waals surface area contributed by atoms with Gasteiger partial charge in [-0.15, -0.1) is 0 Å². The third-order valence-electron chi connectivity index (χ3n) is 7.90. The maximum Gasteiger partial charge on any atom is 0.270 e. The largest absolute Gasteiger partial charge is 0.497 e. The Labute approximate surface area is 238 Å². The number of piperidine rings is 1. The highest BCUT2D eigenvalue weighted by molar-refractivity contribution is 5.99. The molecular formula is C32H34FN3O5. The molecule has 0 bridgehead atoms. The highest BCUT2D eigenvalue weighted by atomic mass is 19.1.